The summed E-state index contributed by atoms with van der Waals surface area (Å²) in [6.07, 6.45) is -0.339. The van der Waals surface area contributed by atoms with E-state index < -0.39 is 23.8 Å². The molecule has 5 heteroatoms. The van der Waals surface area contributed by atoms with Gasteiger partial charge in [0, 0.05) is 20.6 Å². The minimum Gasteiger partial charge on any atom is -0.469 e. The molecular weight excluding hydrogens is 224 g/mol. The number of hydrogen-bond acceptors (Lipinski definition) is 5. The second kappa shape index (κ2) is 6.93. The smallest absolute Gasteiger partial charge is 0.311 e. The molecule has 0 saturated heterocycles. The fourth-order valence-corrected chi connectivity index (χ4v) is 2.10. The van der Waals surface area contributed by atoms with Crippen molar-refractivity contribution in [3.05, 3.63) is 0 Å². The average molecular weight is 248 g/mol. The van der Waals surface area contributed by atoms with Gasteiger partial charge in [0.05, 0.1) is 18.6 Å². The molecule has 0 radical (unpaired) electrons. The van der Waals surface area contributed by atoms with Gasteiger partial charge in [-0.2, -0.15) is 0 Å². The van der Waals surface area contributed by atoms with Crippen LogP contribution in [0.1, 0.15) is 27.2 Å². The summed E-state index contributed by atoms with van der Waals surface area (Å²) in [7, 11) is 4.30. The molecule has 0 aliphatic rings. The number of carbonyl (C=O) groups excluding carboxylic acids is 1. The van der Waals surface area contributed by atoms with Gasteiger partial charge >= 0.3 is 5.97 Å². The van der Waals surface area contributed by atoms with Gasteiger partial charge in [-0.1, -0.05) is 13.8 Å². The number of methoxy groups -OCH3 is 3. The van der Waals surface area contributed by atoms with E-state index in [0.717, 1.165) is 0 Å². The first-order valence-electron chi connectivity index (χ1n) is 5.66. The van der Waals surface area contributed by atoms with Crippen LogP contribution in [-0.2, 0) is 19.0 Å². The van der Waals surface area contributed by atoms with Gasteiger partial charge in [0.2, 0.25) is 0 Å². The van der Waals surface area contributed by atoms with E-state index in [1.54, 1.807) is 6.92 Å². The Bertz CT molecular complexity index is 233. The van der Waals surface area contributed by atoms with Gasteiger partial charge in [0.1, 0.15) is 0 Å². The van der Waals surface area contributed by atoms with E-state index in [4.69, 9.17) is 14.2 Å². The quantitative estimate of drug-likeness (QED) is 0.541. The normalized spacial score (nSPS) is 17.0. The topological polar surface area (TPSA) is 65.0 Å². The number of aliphatic hydroxyl groups is 1. The van der Waals surface area contributed by atoms with Gasteiger partial charge in [-0.3, -0.25) is 4.79 Å². The second-order valence-corrected chi connectivity index (χ2v) is 4.71. The Morgan fingerprint density at radius 1 is 1.24 bits per heavy atom. The van der Waals surface area contributed by atoms with E-state index in [0.29, 0.717) is 0 Å². The maximum absolute atomic E-state index is 11.7. The number of rotatable bonds is 7. The Morgan fingerprint density at radius 2 is 1.71 bits per heavy atom. The molecule has 0 aromatic heterocycles. The van der Waals surface area contributed by atoms with Crippen LogP contribution in [0.5, 0.6) is 0 Å². The molecule has 0 bridgehead atoms. The number of ether oxygens (including phenoxy) is 3. The molecule has 5 nitrogen and oxygen atoms in total. The first kappa shape index (κ1) is 16.4. The summed E-state index contributed by atoms with van der Waals surface area (Å²) in [5.74, 6) is -1.07. The Morgan fingerprint density at radius 3 is 2.00 bits per heavy atom. The first-order valence-corrected chi connectivity index (χ1v) is 5.66. The average Bonchev–Trinajstić information content (AvgIpc) is 2.24. The number of esters is 1. The third-order valence-electron chi connectivity index (χ3n) is 2.90. The van der Waals surface area contributed by atoms with E-state index in [1.807, 2.05) is 13.8 Å². The molecule has 0 heterocycles. The molecule has 0 spiro atoms. The molecule has 17 heavy (non-hydrogen) atoms. The van der Waals surface area contributed by atoms with Crippen molar-refractivity contribution >= 4 is 5.97 Å². The maximum Gasteiger partial charge on any atom is 0.311 e. The van der Waals surface area contributed by atoms with Crippen molar-refractivity contribution in [2.75, 3.05) is 21.3 Å². The SMILES string of the molecule is COC(=O)C(C(C)C)C(C)(O)CC(OC)OC. The summed E-state index contributed by atoms with van der Waals surface area (Å²) >= 11 is 0. The van der Waals surface area contributed by atoms with Crippen molar-refractivity contribution in [3.63, 3.8) is 0 Å². The van der Waals surface area contributed by atoms with Gasteiger partial charge < -0.3 is 19.3 Å². The zero-order valence-corrected chi connectivity index (χ0v) is 11.5. The standard InChI is InChI=1S/C12H24O5/c1-8(2)10(11(13)17-6)12(3,14)7-9(15-4)16-5/h8-10,14H,7H2,1-6H3. The molecule has 0 aliphatic heterocycles. The molecule has 0 aromatic carbocycles. The van der Waals surface area contributed by atoms with Crippen LogP contribution < -0.4 is 0 Å². The van der Waals surface area contributed by atoms with E-state index >= 15 is 0 Å². The molecule has 0 amide bonds. The maximum atomic E-state index is 11.7. The van der Waals surface area contributed by atoms with Crippen LogP contribution in [0.3, 0.4) is 0 Å². The lowest BCUT2D eigenvalue weighted by molar-refractivity contribution is -0.175. The van der Waals surface area contributed by atoms with Crippen LogP contribution >= 0.6 is 0 Å². The molecule has 1 N–H and O–H groups in total. The third kappa shape index (κ3) is 4.61. The van der Waals surface area contributed by atoms with E-state index in [9.17, 15) is 9.90 Å². The highest BCUT2D eigenvalue weighted by Gasteiger charge is 2.42. The first-order chi connectivity index (χ1) is 7.80. The Hall–Kier alpha value is -0.650. The van der Waals surface area contributed by atoms with Gasteiger partial charge in [-0.25, -0.2) is 0 Å². The van der Waals surface area contributed by atoms with Crippen LogP contribution in [0.25, 0.3) is 0 Å². The lowest BCUT2D eigenvalue weighted by Gasteiger charge is -2.35. The minimum atomic E-state index is -1.24. The van der Waals surface area contributed by atoms with Crippen molar-refractivity contribution < 1.29 is 24.1 Å². The van der Waals surface area contributed by atoms with Crippen LogP contribution in [-0.4, -0.2) is 44.3 Å². The van der Waals surface area contributed by atoms with Crippen LogP contribution in [0.15, 0.2) is 0 Å². The highest BCUT2D eigenvalue weighted by molar-refractivity contribution is 5.74. The minimum absolute atomic E-state index is 0.0354. The summed E-state index contributed by atoms with van der Waals surface area (Å²) in [4.78, 5) is 11.7. The van der Waals surface area contributed by atoms with Crippen molar-refractivity contribution in [2.24, 2.45) is 11.8 Å². The van der Waals surface area contributed by atoms with Gasteiger partial charge in [-0.15, -0.1) is 0 Å². The summed E-state index contributed by atoms with van der Waals surface area (Å²) in [5, 5.41) is 10.4. The third-order valence-corrected chi connectivity index (χ3v) is 2.90. The van der Waals surface area contributed by atoms with Crippen LogP contribution in [0.4, 0.5) is 0 Å². The van der Waals surface area contributed by atoms with Gasteiger partial charge in [0.25, 0.3) is 0 Å². The van der Waals surface area contributed by atoms with Crippen molar-refractivity contribution in [3.8, 4) is 0 Å². The number of hydrogen-bond donors (Lipinski definition) is 1. The van der Waals surface area contributed by atoms with E-state index in [-0.39, 0.29) is 12.3 Å². The molecule has 102 valence electrons. The fraction of sp³-hybridized carbons (Fsp3) is 0.917. The van der Waals surface area contributed by atoms with Crippen molar-refractivity contribution in [2.45, 2.75) is 39.1 Å². The lowest BCUT2D eigenvalue weighted by atomic mass is 9.78. The number of carbonyl (C=O) groups is 1. The molecule has 0 rings (SSSR count). The Labute approximate surface area is 103 Å². The zero-order chi connectivity index (χ0) is 13.6. The fourth-order valence-electron chi connectivity index (χ4n) is 2.10. The summed E-state index contributed by atoms with van der Waals surface area (Å²) in [6, 6.07) is 0. The summed E-state index contributed by atoms with van der Waals surface area (Å²) in [6.45, 7) is 5.33. The lowest BCUT2D eigenvalue weighted by Crippen LogP contribution is -2.46. The molecular formula is C12H24O5. The molecule has 0 saturated carbocycles. The molecule has 2 atom stereocenters. The summed E-state index contributed by atoms with van der Waals surface area (Å²) < 4.78 is 14.8. The van der Waals surface area contributed by atoms with E-state index in [2.05, 4.69) is 0 Å². The van der Waals surface area contributed by atoms with Crippen LogP contribution in [0.2, 0.25) is 0 Å². The largest absolute Gasteiger partial charge is 0.469 e. The Kier molecular flexibility index (Phi) is 6.67. The second-order valence-electron chi connectivity index (χ2n) is 4.71. The van der Waals surface area contributed by atoms with Gasteiger partial charge in [-0.05, 0) is 12.8 Å². The van der Waals surface area contributed by atoms with Gasteiger partial charge in [0.15, 0.2) is 6.29 Å². The van der Waals surface area contributed by atoms with E-state index in [1.165, 1.54) is 21.3 Å². The molecule has 0 aliphatic carbocycles. The predicted molar refractivity (Wildman–Crippen MR) is 63.4 cm³/mol. The molecule has 2 unspecified atom stereocenters. The Balaban J connectivity index is 4.88. The monoisotopic (exact) mass is 248 g/mol. The van der Waals surface area contributed by atoms with Crippen LogP contribution in [0, 0.1) is 11.8 Å². The highest BCUT2D eigenvalue weighted by Crippen LogP contribution is 2.30. The predicted octanol–water partition coefficient (Wildman–Crippen LogP) is 1.19. The zero-order valence-electron chi connectivity index (χ0n) is 11.5. The molecule has 0 fully saturated rings. The molecule has 0 aromatic rings. The van der Waals surface area contributed by atoms with Crippen molar-refractivity contribution in [1.29, 1.82) is 0 Å². The van der Waals surface area contributed by atoms with Crippen molar-refractivity contribution in [1.82, 2.24) is 0 Å². The highest BCUT2D eigenvalue weighted by atomic mass is 16.7. The summed E-state index contributed by atoms with van der Waals surface area (Å²) in [5.41, 5.74) is -1.24.